The molecule has 1 atom stereocenters. The lowest BCUT2D eigenvalue weighted by molar-refractivity contribution is -0.137. The largest absolute Gasteiger partial charge is 0.481 e. The number of nitrogens with zero attached hydrogens (tertiary/aromatic N) is 2. The van der Waals surface area contributed by atoms with Gasteiger partial charge in [0.25, 0.3) is 0 Å². The number of carboxylic acid groups (broad SMARTS) is 1. The number of piperidine rings is 1. The van der Waals surface area contributed by atoms with Crippen LogP contribution in [-0.2, 0) is 9.59 Å². The van der Waals surface area contributed by atoms with E-state index in [0.717, 1.165) is 12.1 Å². The van der Waals surface area contributed by atoms with Crippen LogP contribution in [0.5, 0.6) is 0 Å². The predicted octanol–water partition coefficient (Wildman–Crippen LogP) is 1.36. The molecule has 0 aliphatic carbocycles. The average Bonchev–Trinajstić information content (AvgIpc) is 2.97. The van der Waals surface area contributed by atoms with Crippen molar-refractivity contribution in [2.75, 3.05) is 24.5 Å². The van der Waals surface area contributed by atoms with E-state index in [0.29, 0.717) is 38.0 Å². The van der Waals surface area contributed by atoms with Crippen molar-refractivity contribution in [3.8, 4) is 0 Å². The first kappa shape index (κ1) is 20.6. The molecule has 9 heteroatoms. The number of amidine groups is 1. The molecule has 0 saturated carbocycles. The van der Waals surface area contributed by atoms with E-state index < -0.39 is 17.4 Å². The molecule has 156 valence electrons. The van der Waals surface area contributed by atoms with Crippen molar-refractivity contribution in [3.05, 3.63) is 29.8 Å². The average molecular weight is 401 g/mol. The Kier molecular flexibility index (Phi) is 5.76. The van der Waals surface area contributed by atoms with E-state index in [4.69, 9.17) is 16.2 Å². The summed E-state index contributed by atoms with van der Waals surface area (Å²) in [5.41, 5.74) is 6.44. The number of aliphatic carboxylic acids is 1. The molecule has 9 nitrogen and oxygen atoms in total. The van der Waals surface area contributed by atoms with Gasteiger partial charge in [-0.3, -0.25) is 15.0 Å². The Morgan fingerprint density at radius 3 is 2.34 bits per heavy atom. The summed E-state index contributed by atoms with van der Waals surface area (Å²) >= 11 is 0. The first-order chi connectivity index (χ1) is 13.7. The molecule has 0 radical (unpaired) electrons. The lowest BCUT2D eigenvalue weighted by Gasteiger charge is -2.38. The fourth-order valence-corrected chi connectivity index (χ4v) is 4.10. The number of amides is 3. The number of likely N-dealkylation sites (tertiary alicyclic amines) is 1. The number of benzene rings is 1. The number of urea groups is 1. The molecule has 1 aromatic carbocycles. The number of anilines is 1. The van der Waals surface area contributed by atoms with Crippen LogP contribution in [0, 0.1) is 10.8 Å². The SMILES string of the molecule is C[C@H](CC(=O)O)NC(=O)N1CCC2(CC1)CCN(c1ccc(C(=N)N)cc1)C2=O. The van der Waals surface area contributed by atoms with E-state index in [1.165, 1.54) is 0 Å². The minimum atomic E-state index is -0.955. The zero-order valence-electron chi connectivity index (χ0n) is 16.5. The molecule has 2 aliphatic rings. The van der Waals surface area contributed by atoms with Gasteiger partial charge in [0.05, 0.1) is 11.8 Å². The number of carboxylic acids is 1. The number of carbonyl (C=O) groups is 3. The molecule has 3 rings (SSSR count). The highest BCUT2D eigenvalue weighted by atomic mass is 16.4. The van der Waals surface area contributed by atoms with E-state index in [9.17, 15) is 14.4 Å². The Labute approximate surface area is 169 Å². The second-order valence-corrected chi connectivity index (χ2v) is 7.88. The maximum absolute atomic E-state index is 13.2. The van der Waals surface area contributed by atoms with Crippen molar-refractivity contribution in [1.29, 1.82) is 5.41 Å². The topological polar surface area (TPSA) is 140 Å². The number of rotatable bonds is 5. The van der Waals surface area contributed by atoms with Gasteiger partial charge >= 0.3 is 12.0 Å². The van der Waals surface area contributed by atoms with Gasteiger partial charge in [-0.1, -0.05) is 0 Å². The fraction of sp³-hybridized carbons (Fsp3) is 0.500. The van der Waals surface area contributed by atoms with Crippen molar-refractivity contribution in [2.24, 2.45) is 11.1 Å². The maximum Gasteiger partial charge on any atom is 0.317 e. The van der Waals surface area contributed by atoms with Gasteiger partial charge < -0.3 is 26.0 Å². The summed E-state index contributed by atoms with van der Waals surface area (Å²) in [5.74, 6) is -0.889. The number of nitrogen functional groups attached to an aromatic ring is 1. The zero-order chi connectivity index (χ0) is 21.2. The maximum atomic E-state index is 13.2. The Morgan fingerprint density at radius 2 is 1.79 bits per heavy atom. The lowest BCUT2D eigenvalue weighted by atomic mass is 9.77. The normalized spacial score (nSPS) is 19.3. The summed E-state index contributed by atoms with van der Waals surface area (Å²) < 4.78 is 0. The molecular formula is C20H27N5O4. The van der Waals surface area contributed by atoms with Crippen molar-refractivity contribution in [2.45, 2.75) is 38.6 Å². The zero-order valence-corrected chi connectivity index (χ0v) is 16.5. The minimum Gasteiger partial charge on any atom is -0.481 e. The number of nitrogens with two attached hydrogens (primary N) is 1. The van der Waals surface area contributed by atoms with Crippen LogP contribution < -0.4 is 16.0 Å². The smallest absolute Gasteiger partial charge is 0.317 e. The second-order valence-electron chi connectivity index (χ2n) is 7.88. The summed E-state index contributed by atoms with van der Waals surface area (Å²) in [7, 11) is 0. The molecule has 29 heavy (non-hydrogen) atoms. The highest BCUT2D eigenvalue weighted by Gasteiger charge is 2.49. The van der Waals surface area contributed by atoms with Crippen molar-refractivity contribution in [3.63, 3.8) is 0 Å². The van der Waals surface area contributed by atoms with E-state index in [2.05, 4.69) is 5.32 Å². The van der Waals surface area contributed by atoms with Crippen LogP contribution in [0.15, 0.2) is 24.3 Å². The van der Waals surface area contributed by atoms with Crippen LogP contribution >= 0.6 is 0 Å². The molecule has 2 fully saturated rings. The summed E-state index contributed by atoms with van der Waals surface area (Å²) in [6, 6.07) is 6.36. The molecule has 0 unspecified atom stereocenters. The standard InChI is InChI=1S/C20H27N5O4/c1-13(12-16(26)27)23-19(29)24-9-6-20(7-10-24)8-11-25(18(20)28)15-4-2-14(3-5-15)17(21)22/h2-5,13H,6-12H2,1H3,(H3,21,22)(H,23,29)(H,26,27)/t13-/m1/s1. The first-order valence-electron chi connectivity index (χ1n) is 9.75. The Balaban J connectivity index is 1.59. The quantitative estimate of drug-likeness (QED) is 0.436. The van der Waals surface area contributed by atoms with Gasteiger partial charge in [-0.05, 0) is 50.5 Å². The molecule has 2 aliphatic heterocycles. The molecular weight excluding hydrogens is 374 g/mol. The van der Waals surface area contributed by atoms with Crippen molar-refractivity contribution >= 4 is 29.4 Å². The summed E-state index contributed by atoms with van der Waals surface area (Å²) in [6.45, 7) is 3.22. The van der Waals surface area contributed by atoms with Crippen LogP contribution in [-0.4, -0.2) is 59.4 Å². The number of hydrogen-bond donors (Lipinski definition) is 4. The Hall–Kier alpha value is -3.10. The van der Waals surface area contributed by atoms with Gasteiger partial charge in [0.15, 0.2) is 0 Å². The van der Waals surface area contributed by atoms with E-state index >= 15 is 0 Å². The molecule has 3 amide bonds. The number of carbonyl (C=O) groups excluding carboxylic acids is 2. The highest BCUT2D eigenvalue weighted by Crippen LogP contribution is 2.43. The highest BCUT2D eigenvalue weighted by molar-refractivity contribution is 6.01. The van der Waals surface area contributed by atoms with Crippen LogP contribution in [0.25, 0.3) is 0 Å². The molecule has 1 spiro atoms. The van der Waals surface area contributed by atoms with Crippen LogP contribution in [0.1, 0.15) is 38.2 Å². The molecule has 0 aromatic heterocycles. The summed E-state index contributed by atoms with van der Waals surface area (Å²) in [5, 5.41) is 19.0. The summed E-state index contributed by atoms with van der Waals surface area (Å²) in [6.07, 6.45) is 1.80. The Morgan fingerprint density at radius 1 is 1.21 bits per heavy atom. The molecule has 2 saturated heterocycles. The minimum absolute atomic E-state index is 0.0101. The van der Waals surface area contributed by atoms with Gasteiger partial charge in [0.2, 0.25) is 5.91 Å². The van der Waals surface area contributed by atoms with Gasteiger partial charge in [0.1, 0.15) is 5.84 Å². The van der Waals surface area contributed by atoms with Gasteiger partial charge in [0, 0.05) is 36.9 Å². The third kappa shape index (κ3) is 4.33. The molecule has 5 N–H and O–H groups in total. The predicted molar refractivity (Wildman–Crippen MR) is 108 cm³/mol. The lowest BCUT2D eigenvalue weighted by Crippen LogP contribution is -2.51. The Bertz CT molecular complexity index is 815. The van der Waals surface area contributed by atoms with Crippen molar-refractivity contribution in [1.82, 2.24) is 10.2 Å². The van der Waals surface area contributed by atoms with Crippen molar-refractivity contribution < 1.29 is 19.5 Å². The molecule has 2 heterocycles. The summed E-state index contributed by atoms with van der Waals surface area (Å²) in [4.78, 5) is 39.7. The number of hydrogen-bond acceptors (Lipinski definition) is 4. The fourth-order valence-electron chi connectivity index (χ4n) is 4.10. The van der Waals surface area contributed by atoms with E-state index in [1.54, 1.807) is 41.0 Å². The number of nitrogens with one attached hydrogen (secondary N) is 2. The third-order valence-corrected chi connectivity index (χ3v) is 5.86. The van der Waals surface area contributed by atoms with Gasteiger partial charge in [-0.15, -0.1) is 0 Å². The first-order valence-corrected chi connectivity index (χ1v) is 9.75. The molecule has 0 bridgehead atoms. The third-order valence-electron chi connectivity index (χ3n) is 5.86. The van der Waals surface area contributed by atoms with Crippen LogP contribution in [0.2, 0.25) is 0 Å². The van der Waals surface area contributed by atoms with Crippen LogP contribution in [0.3, 0.4) is 0 Å². The molecule has 1 aromatic rings. The second kappa shape index (κ2) is 8.10. The van der Waals surface area contributed by atoms with E-state index in [-0.39, 0.29) is 24.2 Å². The monoisotopic (exact) mass is 401 g/mol. The van der Waals surface area contributed by atoms with Gasteiger partial charge in [-0.2, -0.15) is 0 Å². The van der Waals surface area contributed by atoms with Gasteiger partial charge in [-0.25, -0.2) is 4.79 Å². The van der Waals surface area contributed by atoms with E-state index in [1.807, 2.05) is 0 Å². The van der Waals surface area contributed by atoms with Crippen LogP contribution in [0.4, 0.5) is 10.5 Å².